The zero-order valence-corrected chi connectivity index (χ0v) is 20.7. The van der Waals surface area contributed by atoms with E-state index in [2.05, 4.69) is 25.7 Å². The summed E-state index contributed by atoms with van der Waals surface area (Å²) in [5.74, 6) is -1.61. The number of aliphatic carboxylic acids is 1. The van der Waals surface area contributed by atoms with Crippen LogP contribution in [0.4, 0.5) is 5.13 Å². The van der Waals surface area contributed by atoms with E-state index < -0.39 is 29.2 Å². The summed E-state index contributed by atoms with van der Waals surface area (Å²) in [6, 6.07) is -0.905. The van der Waals surface area contributed by atoms with Gasteiger partial charge in [-0.3, -0.25) is 14.5 Å². The summed E-state index contributed by atoms with van der Waals surface area (Å²) < 4.78 is 0.710. The number of hydrogen-bond donors (Lipinski definition) is 3. The van der Waals surface area contributed by atoms with Gasteiger partial charge in [0.1, 0.15) is 35.4 Å². The molecule has 2 aromatic rings. The quantitative estimate of drug-likeness (QED) is 0.184. The lowest BCUT2D eigenvalue weighted by Gasteiger charge is -2.49. The molecule has 33 heavy (non-hydrogen) atoms. The molecular formula is C16H16ClN7O5S4. The Morgan fingerprint density at radius 1 is 1.45 bits per heavy atom. The number of hydrogen-bond acceptors (Lipinski definition) is 13. The van der Waals surface area contributed by atoms with Gasteiger partial charge in [0.05, 0.1) is 0 Å². The van der Waals surface area contributed by atoms with Gasteiger partial charge in [-0.15, -0.1) is 45.7 Å². The number of oxime groups is 1. The molecule has 2 aliphatic heterocycles. The first-order chi connectivity index (χ1) is 15.4. The summed E-state index contributed by atoms with van der Waals surface area (Å²) in [5, 5.41) is 25.0. The molecule has 1 unspecified atom stereocenters. The lowest BCUT2D eigenvalue weighted by atomic mass is 10.0. The number of thioether (sulfide) groups is 2. The van der Waals surface area contributed by atoms with Crippen LogP contribution < -0.4 is 11.1 Å². The Hall–Kier alpha value is -2.40. The molecule has 4 N–H and O–H groups in total. The summed E-state index contributed by atoms with van der Waals surface area (Å²) in [6.45, 7) is 0. The van der Waals surface area contributed by atoms with E-state index >= 15 is 0 Å². The van der Waals surface area contributed by atoms with Gasteiger partial charge in [0.15, 0.2) is 15.2 Å². The van der Waals surface area contributed by atoms with Crippen LogP contribution in [0.15, 0.2) is 31.7 Å². The Balaban J connectivity index is 0.00000306. The van der Waals surface area contributed by atoms with Crippen LogP contribution in [0.25, 0.3) is 0 Å². The van der Waals surface area contributed by atoms with Crippen LogP contribution in [0.5, 0.6) is 0 Å². The van der Waals surface area contributed by atoms with Crippen molar-refractivity contribution >= 4 is 87.2 Å². The third-order valence-corrected chi connectivity index (χ3v) is 8.37. The average Bonchev–Trinajstić information content (AvgIpc) is 3.45. The summed E-state index contributed by atoms with van der Waals surface area (Å²) in [4.78, 5) is 47.5. The SMILES string of the molecule is CON=C(C(=O)NC1C(=O)N2C(C(=O)O)=C(CSc3nncs3)CS[C@H]12)c1csc(N)n1.Cl. The average molecular weight is 550 g/mol. The lowest BCUT2D eigenvalue weighted by molar-refractivity contribution is -0.150. The lowest BCUT2D eigenvalue weighted by Crippen LogP contribution is -2.71. The molecule has 2 aliphatic rings. The van der Waals surface area contributed by atoms with Crippen LogP contribution in [0.2, 0.25) is 0 Å². The number of carboxylic acid groups (broad SMARTS) is 1. The Morgan fingerprint density at radius 3 is 2.85 bits per heavy atom. The molecule has 0 aromatic carbocycles. The first-order valence-corrected chi connectivity index (χ1v) is 12.6. The standard InChI is InChI=1S/C16H15N7O5S4.ClH/c1-28-22-8(7-4-30-15(17)19-7)11(24)20-9-12(25)23-10(14(26)27)6(2-29-13(9)23)3-31-16-21-18-5-32-16;/h4-5,9,13H,2-3H2,1H3,(H2,17,19)(H,20,24)(H,26,27);1H/t9?,13-;/m1./s1. The van der Waals surface area contributed by atoms with Gasteiger partial charge in [0, 0.05) is 16.9 Å². The number of rotatable bonds is 8. The number of carboxylic acids is 1. The second kappa shape index (κ2) is 10.7. The summed E-state index contributed by atoms with van der Waals surface area (Å²) >= 11 is 5.22. The highest BCUT2D eigenvalue weighted by Gasteiger charge is 2.54. The van der Waals surface area contributed by atoms with Crippen molar-refractivity contribution in [1.82, 2.24) is 25.4 Å². The largest absolute Gasteiger partial charge is 0.477 e. The van der Waals surface area contributed by atoms with E-state index in [0.29, 0.717) is 21.4 Å². The molecule has 2 amide bonds. The number of carbonyl (C=O) groups excluding carboxylic acids is 2. The third kappa shape index (κ3) is 5.08. The number of β-lactam (4-membered cyclic amide) rings is 1. The Labute approximate surface area is 209 Å². The highest BCUT2D eigenvalue weighted by Crippen LogP contribution is 2.41. The third-order valence-electron chi connectivity index (χ3n) is 4.41. The highest BCUT2D eigenvalue weighted by molar-refractivity contribution is 8.01. The number of carbonyl (C=O) groups is 3. The topological polar surface area (TPSA) is 173 Å². The summed E-state index contributed by atoms with van der Waals surface area (Å²) in [6.07, 6.45) is 0. The second-order valence-corrected chi connectivity index (χ2v) is 10.4. The Bertz CT molecular complexity index is 1120. The van der Waals surface area contributed by atoms with Gasteiger partial charge in [-0.25, -0.2) is 9.78 Å². The molecule has 1 saturated heterocycles. The van der Waals surface area contributed by atoms with E-state index in [1.165, 1.54) is 46.9 Å². The number of aromatic nitrogens is 3. The number of fused-ring (bicyclic) bond motifs is 1. The number of halogens is 1. The highest BCUT2D eigenvalue weighted by atomic mass is 35.5. The van der Waals surface area contributed by atoms with Gasteiger partial charge in [0.2, 0.25) is 0 Å². The molecule has 12 nitrogen and oxygen atoms in total. The first kappa shape index (κ1) is 25.2. The fraction of sp³-hybridized carbons (Fsp3) is 0.312. The van der Waals surface area contributed by atoms with E-state index in [9.17, 15) is 19.5 Å². The van der Waals surface area contributed by atoms with Gasteiger partial charge in [-0.1, -0.05) is 28.3 Å². The first-order valence-electron chi connectivity index (χ1n) is 8.83. The minimum atomic E-state index is -1.19. The molecular weight excluding hydrogens is 534 g/mol. The minimum Gasteiger partial charge on any atom is -0.477 e. The van der Waals surface area contributed by atoms with E-state index in [1.807, 2.05) is 0 Å². The fourth-order valence-electron chi connectivity index (χ4n) is 3.07. The smallest absolute Gasteiger partial charge is 0.352 e. The normalized spacial score (nSPS) is 20.0. The van der Waals surface area contributed by atoms with Crippen molar-refractivity contribution < 1.29 is 24.3 Å². The van der Waals surface area contributed by atoms with Crippen LogP contribution in [0.3, 0.4) is 0 Å². The predicted molar refractivity (Wildman–Crippen MR) is 128 cm³/mol. The summed E-state index contributed by atoms with van der Waals surface area (Å²) in [7, 11) is 1.28. The van der Waals surface area contributed by atoms with Gasteiger partial charge >= 0.3 is 5.97 Å². The molecule has 2 aromatic heterocycles. The Morgan fingerprint density at radius 2 is 2.24 bits per heavy atom. The molecule has 1 fully saturated rings. The van der Waals surface area contributed by atoms with Crippen molar-refractivity contribution in [2.24, 2.45) is 5.16 Å². The maximum absolute atomic E-state index is 12.8. The Kier molecular flexibility index (Phi) is 8.17. The number of nitrogen functional groups attached to an aromatic ring is 1. The van der Waals surface area contributed by atoms with Crippen molar-refractivity contribution in [3.63, 3.8) is 0 Å². The van der Waals surface area contributed by atoms with Gasteiger partial charge in [-0.05, 0) is 5.57 Å². The molecule has 0 spiro atoms. The van der Waals surface area contributed by atoms with Crippen molar-refractivity contribution in [3.05, 3.63) is 27.9 Å². The van der Waals surface area contributed by atoms with E-state index in [0.717, 1.165) is 11.3 Å². The molecule has 0 saturated carbocycles. The number of anilines is 1. The molecule has 17 heteroatoms. The molecule has 4 rings (SSSR count). The van der Waals surface area contributed by atoms with Crippen molar-refractivity contribution in [2.75, 3.05) is 24.3 Å². The molecule has 0 aliphatic carbocycles. The maximum Gasteiger partial charge on any atom is 0.352 e. The van der Waals surface area contributed by atoms with E-state index in [1.54, 1.807) is 10.9 Å². The molecule has 0 radical (unpaired) electrons. The molecule has 0 bridgehead atoms. The number of amides is 2. The fourth-order valence-corrected chi connectivity index (χ4v) is 6.59. The second-order valence-electron chi connectivity index (χ2n) is 6.31. The van der Waals surface area contributed by atoms with Gasteiger partial charge in [0.25, 0.3) is 11.8 Å². The number of nitrogens with zero attached hydrogens (tertiary/aromatic N) is 5. The number of nitrogens with one attached hydrogen (secondary N) is 1. The van der Waals surface area contributed by atoms with E-state index in [-0.39, 0.29) is 34.6 Å². The zero-order chi connectivity index (χ0) is 22.8. The van der Waals surface area contributed by atoms with Crippen LogP contribution >= 0.6 is 58.6 Å². The van der Waals surface area contributed by atoms with E-state index in [4.69, 9.17) is 10.6 Å². The van der Waals surface area contributed by atoms with Crippen molar-refractivity contribution in [2.45, 2.75) is 15.8 Å². The van der Waals surface area contributed by atoms with Crippen LogP contribution in [0, 0.1) is 0 Å². The van der Waals surface area contributed by atoms with Crippen LogP contribution in [0.1, 0.15) is 5.69 Å². The van der Waals surface area contributed by atoms with Gasteiger partial charge < -0.3 is 21.0 Å². The van der Waals surface area contributed by atoms with Crippen molar-refractivity contribution in [3.8, 4) is 0 Å². The zero-order valence-electron chi connectivity index (χ0n) is 16.7. The summed E-state index contributed by atoms with van der Waals surface area (Å²) in [5.41, 5.74) is 7.85. The molecule has 4 heterocycles. The number of nitrogens with two attached hydrogens (primary N) is 1. The molecule has 176 valence electrons. The van der Waals surface area contributed by atoms with Crippen LogP contribution in [-0.4, -0.2) is 78.7 Å². The minimum absolute atomic E-state index is 0. The molecule has 2 atom stereocenters. The maximum atomic E-state index is 12.8. The van der Waals surface area contributed by atoms with Crippen molar-refractivity contribution in [1.29, 1.82) is 0 Å². The monoisotopic (exact) mass is 549 g/mol. The van der Waals surface area contributed by atoms with Gasteiger partial charge in [-0.2, -0.15) is 0 Å². The van der Waals surface area contributed by atoms with Crippen LogP contribution in [-0.2, 0) is 19.2 Å². The predicted octanol–water partition coefficient (Wildman–Crippen LogP) is 0.880. The number of thiazole rings is 1.